The molecule has 3 heteroatoms. The van der Waals surface area contributed by atoms with E-state index in [1.54, 1.807) is 0 Å². The third kappa shape index (κ3) is 11.9. The van der Waals surface area contributed by atoms with Gasteiger partial charge in [0.05, 0.1) is 19.3 Å². The molecule has 0 aliphatic rings. The van der Waals surface area contributed by atoms with Crippen molar-refractivity contribution < 1.29 is 9.47 Å². The minimum atomic E-state index is 0.311. The van der Waals surface area contributed by atoms with Gasteiger partial charge in [0.25, 0.3) is 0 Å². The molecule has 0 bridgehead atoms. The fourth-order valence-corrected chi connectivity index (χ4v) is 0.928. The lowest BCUT2D eigenvalue weighted by Crippen LogP contribution is -2.16. The van der Waals surface area contributed by atoms with Crippen LogP contribution in [-0.4, -0.2) is 51.5 Å². The molecule has 0 unspecified atom stereocenters. The summed E-state index contributed by atoms with van der Waals surface area (Å²) < 4.78 is 10.7. The average molecular weight is 189 g/mol. The SMILES string of the molecule is CC(C)OCCOCCCN(C)C. The third-order valence-corrected chi connectivity index (χ3v) is 1.57. The normalized spacial score (nSPS) is 11.5. The zero-order valence-corrected chi connectivity index (χ0v) is 9.38. The highest BCUT2D eigenvalue weighted by atomic mass is 16.5. The predicted molar refractivity (Wildman–Crippen MR) is 55.1 cm³/mol. The van der Waals surface area contributed by atoms with Crippen LogP contribution in [0.2, 0.25) is 0 Å². The Balaban J connectivity index is 2.92. The summed E-state index contributed by atoms with van der Waals surface area (Å²) >= 11 is 0. The Kier molecular flexibility index (Phi) is 8.40. The van der Waals surface area contributed by atoms with Crippen LogP contribution in [0.4, 0.5) is 0 Å². The fraction of sp³-hybridized carbons (Fsp3) is 1.00. The van der Waals surface area contributed by atoms with E-state index in [0.29, 0.717) is 19.3 Å². The summed E-state index contributed by atoms with van der Waals surface area (Å²) in [6.07, 6.45) is 1.40. The average Bonchev–Trinajstić information content (AvgIpc) is 2.01. The molecule has 80 valence electrons. The molecule has 0 aromatic heterocycles. The summed E-state index contributed by atoms with van der Waals surface area (Å²) in [5.74, 6) is 0. The van der Waals surface area contributed by atoms with E-state index in [2.05, 4.69) is 19.0 Å². The second-order valence-electron chi connectivity index (χ2n) is 3.69. The largest absolute Gasteiger partial charge is 0.379 e. The highest BCUT2D eigenvalue weighted by Gasteiger charge is 1.94. The van der Waals surface area contributed by atoms with Gasteiger partial charge in [0.15, 0.2) is 0 Å². The lowest BCUT2D eigenvalue weighted by Gasteiger charge is -2.10. The first-order valence-electron chi connectivity index (χ1n) is 4.97. The first kappa shape index (κ1) is 12.9. The van der Waals surface area contributed by atoms with Gasteiger partial charge in [-0.2, -0.15) is 0 Å². The quantitative estimate of drug-likeness (QED) is 0.538. The van der Waals surface area contributed by atoms with Crippen LogP contribution >= 0.6 is 0 Å². The molecule has 0 rings (SSSR count). The van der Waals surface area contributed by atoms with Gasteiger partial charge in [0, 0.05) is 6.61 Å². The number of hydrogen-bond acceptors (Lipinski definition) is 3. The molecule has 0 aliphatic heterocycles. The van der Waals surface area contributed by atoms with E-state index >= 15 is 0 Å². The summed E-state index contributed by atoms with van der Waals surface area (Å²) in [6, 6.07) is 0. The Morgan fingerprint density at radius 3 is 2.31 bits per heavy atom. The van der Waals surface area contributed by atoms with E-state index in [-0.39, 0.29) is 0 Å². The molecule has 0 saturated heterocycles. The lowest BCUT2D eigenvalue weighted by atomic mass is 10.4. The van der Waals surface area contributed by atoms with E-state index in [0.717, 1.165) is 19.6 Å². The second-order valence-corrected chi connectivity index (χ2v) is 3.69. The smallest absolute Gasteiger partial charge is 0.0703 e. The fourth-order valence-electron chi connectivity index (χ4n) is 0.928. The van der Waals surface area contributed by atoms with Gasteiger partial charge in [-0.25, -0.2) is 0 Å². The molecule has 0 heterocycles. The van der Waals surface area contributed by atoms with Crippen molar-refractivity contribution in [2.75, 3.05) is 40.5 Å². The predicted octanol–water partition coefficient (Wildman–Crippen LogP) is 1.38. The van der Waals surface area contributed by atoms with Crippen LogP contribution in [0.1, 0.15) is 20.3 Å². The highest BCUT2D eigenvalue weighted by molar-refractivity contribution is 4.43. The highest BCUT2D eigenvalue weighted by Crippen LogP contribution is 1.89. The molecule has 0 fully saturated rings. The minimum Gasteiger partial charge on any atom is -0.379 e. The van der Waals surface area contributed by atoms with Gasteiger partial charge in [-0.1, -0.05) is 0 Å². The summed E-state index contributed by atoms with van der Waals surface area (Å²) in [7, 11) is 4.14. The van der Waals surface area contributed by atoms with Crippen molar-refractivity contribution in [2.24, 2.45) is 0 Å². The summed E-state index contributed by atoms with van der Waals surface area (Å²) in [5, 5.41) is 0. The molecule has 0 spiro atoms. The summed E-state index contributed by atoms with van der Waals surface area (Å²) in [4.78, 5) is 2.16. The lowest BCUT2D eigenvalue weighted by molar-refractivity contribution is 0.0181. The van der Waals surface area contributed by atoms with Crippen molar-refractivity contribution in [2.45, 2.75) is 26.4 Å². The van der Waals surface area contributed by atoms with Crippen molar-refractivity contribution in [1.29, 1.82) is 0 Å². The van der Waals surface area contributed by atoms with Crippen LogP contribution < -0.4 is 0 Å². The van der Waals surface area contributed by atoms with E-state index in [4.69, 9.17) is 9.47 Å². The van der Waals surface area contributed by atoms with Crippen molar-refractivity contribution in [3.8, 4) is 0 Å². The van der Waals surface area contributed by atoms with Gasteiger partial charge in [-0.05, 0) is 40.9 Å². The van der Waals surface area contributed by atoms with Crippen molar-refractivity contribution in [3.05, 3.63) is 0 Å². The van der Waals surface area contributed by atoms with Crippen LogP contribution in [0, 0.1) is 0 Å². The maximum absolute atomic E-state index is 5.38. The Bertz CT molecular complexity index is 93.1. The van der Waals surface area contributed by atoms with Gasteiger partial charge in [0.1, 0.15) is 0 Å². The molecule has 0 aromatic carbocycles. The molecule has 0 aliphatic carbocycles. The monoisotopic (exact) mass is 189 g/mol. The Labute approximate surface area is 82.0 Å². The zero-order chi connectivity index (χ0) is 10.1. The van der Waals surface area contributed by atoms with E-state index in [9.17, 15) is 0 Å². The number of nitrogens with zero attached hydrogens (tertiary/aromatic N) is 1. The Hall–Kier alpha value is -0.120. The number of ether oxygens (including phenoxy) is 2. The van der Waals surface area contributed by atoms with Gasteiger partial charge >= 0.3 is 0 Å². The molecule has 3 nitrogen and oxygen atoms in total. The van der Waals surface area contributed by atoms with Gasteiger partial charge in [-0.15, -0.1) is 0 Å². The molecule has 0 atom stereocenters. The van der Waals surface area contributed by atoms with Crippen molar-refractivity contribution >= 4 is 0 Å². The molecule has 0 N–H and O–H groups in total. The second kappa shape index (κ2) is 8.48. The summed E-state index contributed by atoms with van der Waals surface area (Å²) in [6.45, 7) is 7.41. The van der Waals surface area contributed by atoms with Gasteiger partial charge in [-0.3, -0.25) is 0 Å². The maximum atomic E-state index is 5.38. The van der Waals surface area contributed by atoms with Gasteiger partial charge in [0.2, 0.25) is 0 Å². The molecule has 13 heavy (non-hydrogen) atoms. The van der Waals surface area contributed by atoms with E-state index < -0.39 is 0 Å². The van der Waals surface area contributed by atoms with Crippen LogP contribution in [0.25, 0.3) is 0 Å². The van der Waals surface area contributed by atoms with Crippen LogP contribution in [0.3, 0.4) is 0 Å². The third-order valence-electron chi connectivity index (χ3n) is 1.57. The summed E-state index contributed by atoms with van der Waals surface area (Å²) in [5.41, 5.74) is 0. The molecule has 0 radical (unpaired) electrons. The van der Waals surface area contributed by atoms with E-state index in [1.165, 1.54) is 0 Å². The maximum Gasteiger partial charge on any atom is 0.0703 e. The first-order valence-corrected chi connectivity index (χ1v) is 4.97. The Morgan fingerprint density at radius 2 is 1.77 bits per heavy atom. The standard InChI is InChI=1S/C10H23NO2/c1-10(2)13-9-8-12-7-5-6-11(3)4/h10H,5-9H2,1-4H3. The van der Waals surface area contributed by atoms with Crippen LogP contribution in [0.15, 0.2) is 0 Å². The topological polar surface area (TPSA) is 21.7 Å². The number of rotatable bonds is 8. The molecule has 0 aromatic rings. The van der Waals surface area contributed by atoms with E-state index in [1.807, 2.05) is 13.8 Å². The molecular weight excluding hydrogens is 166 g/mol. The van der Waals surface area contributed by atoms with Crippen LogP contribution in [-0.2, 0) is 9.47 Å². The van der Waals surface area contributed by atoms with Crippen molar-refractivity contribution in [3.63, 3.8) is 0 Å². The zero-order valence-electron chi connectivity index (χ0n) is 9.38. The first-order chi connectivity index (χ1) is 6.13. The van der Waals surface area contributed by atoms with Gasteiger partial charge < -0.3 is 14.4 Å². The molecular formula is C10H23NO2. The number of hydrogen-bond donors (Lipinski definition) is 0. The van der Waals surface area contributed by atoms with Crippen LogP contribution in [0.5, 0.6) is 0 Å². The molecule has 0 amide bonds. The Morgan fingerprint density at radius 1 is 1.08 bits per heavy atom. The van der Waals surface area contributed by atoms with Crippen molar-refractivity contribution in [1.82, 2.24) is 4.90 Å². The molecule has 0 saturated carbocycles. The minimum absolute atomic E-state index is 0.311.